The molecule has 4 nitrogen and oxygen atoms in total. The minimum absolute atomic E-state index is 0.793. The van der Waals surface area contributed by atoms with E-state index in [0.29, 0.717) is 0 Å². The number of aromatic nitrogens is 3. The quantitative estimate of drug-likeness (QED) is 0.630. The highest BCUT2D eigenvalue weighted by Crippen LogP contribution is 2.19. The molecule has 0 aliphatic carbocycles. The van der Waals surface area contributed by atoms with Gasteiger partial charge in [-0.2, -0.15) is 0 Å². The molecule has 0 bridgehead atoms. The normalized spacial score (nSPS) is 10.6. The Morgan fingerprint density at radius 1 is 1.29 bits per heavy atom. The Kier molecular flexibility index (Phi) is 4.03. The second kappa shape index (κ2) is 5.72. The molecule has 5 heteroatoms. The first-order valence-corrected chi connectivity index (χ1v) is 6.65. The predicted octanol–water partition coefficient (Wildman–Crippen LogP) is 2.63. The Morgan fingerprint density at radius 2 is 2.06 bits per heavy atom. The summed E-state index contributed by atoms with van der Waals surface area (Å²) >= 11 is 1.63. The van der Waals surface area contributed by atoms with E-state index >= 15 is 0 Å². The van der Waals surface area contributed by atoms with Gasteiger partial charge in [0.25, 0.3) is 0 Å². The molecule has 0 fully saturated rings. The van der Waals surface area contributed by atoms with Crippen LogP contribution in [0.4, 0.5) is 5.69 Å². The van der Waals surface area contributed by atoms with Crippen LogP contribution in [0.3, 0.4) is 0 Å². The van der Waals surface area contributed by atoms with Crippen LogP contribution in [0.1, 0.15) is 24.7 Å². The largest absolute Gasteiger partial charge is 0.399 e. The molecule has 17 heavy (non-hydrogen) atoms. The van der Waals surface area contributed by atoms with E-state index in [4.69, 9.17) is 5.73 Å². The summed E-state index contributed by atoms with van der Waals surface area (Å²) in [6, 6.07) is 7.89. The van der Waals surface area contributed by atoms with Gasteiger partial charge in [0.2, 0.25) is 5.16 Å². The van der Waals surface area contributed by atoms with Crippen molar-refractivity contribution in [2.24, 2.45) is 0 Å². The molecule has 0 saturated heterocycles. The lowest BCUT2D eigenvalue weighted by atomic mass is 10.2. The number of benzene rings is 1. The molecule has 1 aromatic heterocycles. The van der Waals surface area contributed by atoms with Gasteiger partial charge in [-0.1, -0.05) is 30.8 Å². The second-order valence-corrected chi connectivity index (χ2v) is 4.79. The van der Waals surface area contributed by atoms with Gasteiger partial charge in [-0.3, -0.25) is 5.10 Å². The average molecular weight is 248 g/mol. The monoisotopic (exact) mass is 248 g/mol. The Labute approximate surface area is 105 Å². The molecule has 2 aromatic rings. The lowest BCUT2D eigenvalue weighted by molar-refractivity contribution is 0.840. The molecule has 0 spiro atoms. The number of nitrogens with two attached hydrogens (primary N) is 1. The molecule has 1 heterocycles. The zero-order valence-electron chi connectivity index (χ0n) is 9.81. The van der Waals surface area contributed by atoms with Crippen molar-refractivity contribution in [3.8, 4) is 0 Å². The fraction of sp³-hybridized carbons (Fsp3) is 0.333. The van der Waals surface area contributed by atoms with Gasteiger partial charge in [0.1, 0.15) is 5.82 Å². The second-order valence-electron chi connectivity index (χ2n) is 3.84. The molecule has 0 radical (unpaired) electrons. The van der Waals surface area contributed by atoms with Crippen LogP contribution in [0.5, 0.6) is 0 Å². The molecule has 0 amide bonds. The Balaban J connectivity index is 1.90. The maximum absolute atomic E-state index is 5.63. The number of thioether (sulfide) groups is 1. The fourth-order valence-electron chi connectivity index (χ4n) is 1.45. The van der Waals surface area contributed by atoms with E-state index in [0.717, 1.165) is 35.3 Å². The topological polar surface area (TPSA) is 67.6 Å². The van der Waals surface area contributed by atoms with Gasteiger partial charge in [0, 0.05) is 17.9 Å². The smallest absolute Gasteiger partial charge is 0.208 e. The number of hydrogen-bond acceptors (Lipinski definition) is 4. The number of nitrogen functional groups attached to an aromatic ring is 1. The van der Waals surface area contributed by atoms with Gasteiger partial charge in [-0.05, 0) is 24.1 Å². The summed E-state index contributed by atoms with van der Waals surface area (Å²) in [5.74, 6) is 1.83. The van der Waals surface area contributed by atoms with Crippen molar-refractivity contribution in [1.29, 1.82) is 0 Å². The van der Waals surface area contributed by atoms with Crippen molar-refractivity contribution in [1.82, 2.24) is 15.2 Å². The first-order valence-electron chi connectivity index (χ1n) is 5.66. The Hall–Kier alpha value is -1.49. The van der Waals surface area contributed by atoms with E-state index in [-0.39, 0.29) is 0 Å². The summed E-state index contributed by atoms with van der Waals surface area (Å²) in [5.41, 5.74) is 7.66. The van der Waals surface area contributed by atoms with Crippen molar-refractivity contribution >= 4 is 17.4 Å². The van der Waals surface area contributed by atoms with Crippen molar-refractivity contribution in [2.45, 2.75) is 30.7 Å². The average Bonchev–Trinajstić information content (AvgIpc) is 2.77. The fourth-order valence-corrected chi connectivity index (χ4v) is 2.23. The summed E-state index contributed by atoms with van der Waals surface area (Å²) in [7, 11) is 0. The molecule has 1 aromatic carbocycles. The first kappa shape index (κ1) is 12.0. The van der Waals surface area contributed by atoms with Crippen LogP contribution in [0, 0.1) is 0 Å². The third-order valence-electron chi connectivity index (χ3n) is 2.35. The van der Waals surface area contributed by atoms with Crippen LogP contribution in [-0.2, 0) is 12.2 Å². The third kappa shape index (κ3) is 3.49. The Morgan fingerprint density at radius 3 is 2.76 bits per heavy atom. The van der Waals surface area contributed by atoms with Gasteiger partial charge in [0.15, 0.2) is 0 Å². The highest BCUT2D eigenvalue weighted by atomic mass is 32.2. The van der Waals surface area contributed by atoms with Gasteiger partial charge < -0.3 is 5.73 Å². The van der Waals surface area contributed by atoms with E-state index in [2.05, 4.69) is 22.1 Å². The third-order valence-corrected chi connectivity index (χ3v) is 3.26. The summed E-state index contributed by atoms with van der Waals surface area (Å²) in [5, 5.41) is 7.93. The molecular formula is C12H16N4S. The number of H-pyrrole nitrogens is 1. The van der Waals surface area contributed by atoms with Crippen molar-refractivity contribution < 1.29 is 0 Å². The summed E-state index contributed by atoms with van der Waals surface area (Å²) in [6.07, 6.45) is 2.03. The summed E-state index contributed by atoms with van der Waals surface area (Å²) in [6.45, 7) is 2.13. The molecule has 0 saturated carbocycles. The number of nitrogens with one attached hydrogen (secondary N) is 1. The lowest BCUT2D eigenvalue weighted by Gasteiger charge is -1.98. The molecule has 0 aliphatic heterocycles. The van der Waals surface area contributed by atoms with Gasteiger partial charge >= 0.3 is 0 Å². The van der Waals surface area contributed by atoms with E-state index < -0.39 is 0 Å². The van der Waals surface area contributed by atoms with Crippen molar-refractivity contribution in [2.75, 3.05) is 5.73 Å². The van der Waals surface area contributed by atoms with E-state index in [1.54, 1.807) is 11.8 Å². The minimum atomic E-state index is 0.793. The van der Waals surface area contributed by atoms with Gasteiger partial charge in [-0.25, -0.2) is 4.98 Å². The lowest BCUT2D eigenvalue weighted by Crippen LogP contribution is -1.86. The van der Waals surface area contributed by atoms with Gasteiger partial charge in [-0.15, -0.1) is 5.10 Å². The number of hydrogen-bond donors (Lipinski definition) is 2. The zero-order chi connectivity index (χ0) is 12.1. The molecule has 2 rings (SSSR count). The van der Waals surface area contributed by atoms with Crippen LogP contribution < -0.4 is 5.73 Å². The zero-order valence-corrected chi connectivity index (χ0v) is 10.6. The van der Waals surface area contributed by atoms with Crippen LogP contribution in [0.25, 0.3) is 0 Å². The highest BCUT2D eigenvalue weighted by molar-refractivity contribution is 7.98. The van der Waals surface area contributed by atoms with E-state index in [1.807, 2.05) is 24.3 Å². The van der Waals surface area contributed by atoms with E-state index in [1.165, 1.54) is 5.56 Å². The first-order chi connectivity index (χ1) is 8.28. The summed E-state index contributed by atoms with van der Waals surface area (Å²) < 4.78 is 0. The van der Waals surface area contributed by atoms with Crippen LogP contribution >= 0.6 is 11.8 Å². The summed E-state index contributed by atoms with van der Waals surface area (Å²) in [4.78, 5) is 4.40. The molecule has 90 valence electrons. The van der Waals surface area contributed by atoms with Gasteiger partial charge in [0.05, 0.1) is 0 Å². The Bertz CT molecular complexity index is 464. The molecule has 3 N–H and O–H groups in total. The number of nitrogens with zero attached hydrogens (tertiary/aromatic N) is 2. The number of aryl methyl sites for hydroxylation is 1. The van der Waals surface area contributed by atoms with Crippen LogP contribution in [0.15, 0.2) is 29.4 Å². The number of aromatic amines is 1. The molecule has 0 aliphatic rings. The number of rotatable bonds is 5. The van der Waals surface area contributed by atoms with Crippen LogP contribution in [0.2, 0.25) is 0 Å². The SMILES string of the molecule is CCCc1nc(SCc2ccc(N)cc2)n[nH]1. The van der Waals surface area contributed by atoms with Crippen molar-refractivity contribution in [3.05, 3.63) is 35.7 Å². The highest BCUT2D eigenvalue weighted by Gasteiger charge is 2.03. The minimum Gasteiger partial charge on any atom is -0.399 e. The molecule has 0 atom stereocenters. The predicted molar refractivity (Wildman–Crippen MR) is 70.8 cm³/mol. The molecular weight excluding hydrogens is 232 g/mol. The maximum atomic E-state index is 5.63. The molecule has 0 unspecified atom stereocenters. The number of anilines is 1. The van der Waals surface area contributed by atoms with Crippen molar-refractivity contribution in [3.63, 3.8) is 0 Å². The van der Waals surface area contributed by atoms with Crippen LogP contribution in [-0.4, -0.2) is 15.2 Å². The standard InChI is InChI=1S/C12H16N4S/c1-2-3-11-14-12(16-15-11)17-8-9-4-6-10(13)7-5-9/h4-7H,2-3,8,13H2,1H3,(H,14,15,16). The van der Waals surface area contributed by atoms with E-state index in [9.17, 15) is 0 Å². The maximum Gasteiger partial charge on any atom is 0.208 e.